The van der Waals surface area contributed by atoms with Crippen molar-refractivity contribution < 1.29 is 103 Å². The van der Waals surface area contributed by atoms with Crippen LogP contribution in [0.1, 0.15) is 128 Å². The second-order valence-corrected chi connectivity index (χ2v) is 31.5. The van der Waals surface area contributed by atoms with E-state index in [0.29, 0.717) is 42.6 Å². The zero-order chi connectivity index (χ0) is 85.9. The number of primary amides is 1. The Morgan fingerprint density at radius 3 is 1.49 bits per heavy atom. The number of hydrogen-bond donors (Lipinski definition) is 19. The van der Waals surface area contributed by atoms with E-state index in [9.17, 15) is 97.5 Å². The zero-order valence-corrected chi connectivity index (χ0v) is 67.4. The second kappa shape index (κ2) is 45.2. The van der Waals surface area contributed by atoms with Crippen LogP contribution in [0.5, 0.6) is 11.5 Å². The highest BCUT2D eigenvalue weighted by atomic mass is 32.2. The Bertz CT molecular complexity index is 3960. The van der Waals surface area contributed by atoms with Gasteiger partial charge in [0, 0.05) is 45.4 Å². The van der Waals surface area contributed by atoms with Gasteiger partial charge in [-0.2, -0.15) is 11.8 Å². The van der Waals surface area contributed by atoms with Crippen molar-refractivity contribution in [2.75, 3.05) is 51.3 Å². The molecule has 38 nitrogen and oxygen atoms in total. The molecule has 4 saturated heterocycles. The van der Waals surface area contributed by atoms with Crippen molar-refractivity contribution in [3.8, 4) is 11.5 Å². The Morgan fingerprint density at radius 1 is 0.496 bits per heavy atom. The third-order valence-electron chi connectivity index (χ3n) is 20.9. The number of rotatable bonds is 43. The largest absolute Gasteiger partial charge is 0.508 e. The van der Waals surface area contributed by atoms with Gasteiger partial charge in [0.15, 0.2) is 12.1 Å². The smallest absolute Gasteiger partial charge is 0.328 e. The van der Waals surface area contributed by atoms with E-state index in [4.69, 9.17) is 17.2 Å². The molecule has 0 aliphatic carbocycles. The van der Waals surface area contributed by atoms with Crippen molar-refractivity contribution in [3.63, 3.8) is 0 Å². The first-order valence-corrected chi connectivity index (χ1v) is 40.9. The summed E-state index contributed by atoms with van der Waals surface area (Å²) in [5.41, 5.74) is 22.9. The number of aromatic hydroxyl groups is 2. The molecule has 4 heterocycles. The first-order chi connectivity index (χ1) is 55.5. The number of aliphatic hydroxyl groups excluding tert-OH is 2. The van der Waals surface area contributed by atoms with Gasteiger partial charge in [-0.3, -0.25) is 72.4 Å². The third kappa shape index (κ3) is 27.8. The first kappa shape index (κ1) is 93.6. The number of phenols is 2. The molecule has 3 aromatic rings. The molecule has 4 aliphatic heterocycles. The normalized spacial score (nSPS) is 19.4. The molecule has 0 unspecified atom stereocenters. The van der Waals surface area contributed by atoms with Crippen LogP contribution in [0.3, 0.4) is 0 Å². The number of hydrogen-bond acceptors (Lipinski definition) is 23. The Morgan fingerprint density at radius 2 is 0.949 bits per heavy atom. The summed E-state index contributed by atoms with van der Waals surface area (Å²) >= 11 is 1.37. The van der Waals surface area contributed by atoms with Gasteiger partial charge in [0.2, 0.25) is 76.8 Å². The highest BCUT2D eigenvalue weighted by Crippen LogP contribution is 2.30. The number of nitrogens with two attached hydrogens (primary N) is 3. The Hall–Kier alpha value is -10.6. The minimum Gasteiger partial charge on any atom is -0.508 e. The van der Waals surface area contributed by atoms with E-state index in [1.807, 2.05) is 30.3 Å². The van der Waals surface area contributed by atoms with Gasteiger partial charge in [0.25, 0.3) is 5.91 Å². The molecule has 7 rings (SSSR count). The fourth-order valence-electron chi connectivity index (χ4n) is 14.7. The summed E-state index contributed by atoms with van der Waals surface area (Å²) in [6, 6.07) is 3.14. The van der Waals surface area contributed by atoms with Gasteiger partial charge in [-0.15, -0.1) is 0 Å². The number of carbonyl (C=O) groups is 15. The zero-order valence-electron chi connectivity index (χ0n) is 66.6. The molecule has 117 heavy (non-hydrogen) atoms. The number of benzene rings is 3. The predicted molar refractivity (Wildman–Crippen MR) is 425 cm³/mol. The maximum atomic E-state index is 14.9. The van der Waals surface area contributed by atoms with Crippen LogP contribution in [0.25, 0.3) is 0 Å². The standard InChI is InChI=1S/C78H114N18O20S/c1-42(2)36-53(87-68(106)52(29-35-117-5)86-71(109)57-17-10-32-94(57)74(112)56(39-47-23-27-49(100)28-24-47)90-65(103)50(79)37-45-14-7-6-8-15-45)69(107)85-51(16-9-30-83-78(81)82)67(105)88-54(38-46-21-25-48(99)26-22-46)70(108)91-63(43(3)97)73(111)89-55(40-61(80)101)66(104)84-41-62(102)93-31-12-19-59(93)75(113)96-34-13-20-60(96)76(114)95-33-11-18-58(95)72(110)92-64(44(4)98)77(115)116/h6-8,14-15,21-28,42-44,50-60,63-64,78,83,97-100H,9-13,16-20,29-41,79,81-82H2,1-5H3,(H2,80,101)(H,84,104)(H,85,107)(H,86,109)(H,87,106)(H,88,105)(H,89,111)(H,90,103)(H,91,108)(H,92,110)(H,115,116)/p+1/t43-,44-,50+,51+,52+,53+,54+,55+,56+,57+,58+,59+,60+,63+,64+/m1/s1. The van der Waals surface area contributed by atoms with Gasteiger partial charge in [0.05, 0.1) is 25.2 Å². The minimum atomic E-state index is -1.97. The van der Waals surface area contributed by atoms with Crippen molar-refractivity contribution in [2.45, 2.75) is 227 Å². The molecule has 24 N–H and O–H groups in total. The quantitative estimate of drug-likeness (QED) is 0.0186. The van der Waals surface area contributed by atoms with E-state index in [0.717, 1.165) is 12.5 Å². The lowest BCUT2D eigenvalue weighted by molar-refractivity contribution is -0.403. The Balaban J connectivity index is 1.03. The predicted octanol–water partition coefficient (Wildman–Crippen LogP) is -5.21. The van der Waals surface area contributed by atoms with Crippen molar-refractivity contribution in [2.24, 2.45) is 23.1 Å². The number of likely N-dealkylation sites (tertiary alicyclic amines) is 4. The second-order valence-electron chi connectivity index (χ2n) is 30.5. The summed E-state index contributed by atoms with van der Waals surface area (Å²) < 4.78 is 0. The highest BCUT2D eigenvalue weighted by molar-refractivity contribution is 7.98. The van der Waals surface area contributed by atoms with Gasteiger partial charge >= 0.3 is 5.97 Å². The highest BCUT2D eigenvalue weighted by Gasteiger charge is 2.48. The van der Waals surface area contributed by atoms with E-state index in [1.54, 1.807) is 32.2 Å². The van der Waals surface area contributed by atoms with Gasteiger partial charge < -0.3 is 116 Å². The van der Waals surface area contributed by atoms with Gasteiger partial charge in [-0.25, -0.2) is 4.79 Å². The molecular formula is C78H115N18O20S+. The molecule has 39 heteroatoms. The number of aliphatic hydroxyl groups is 2. The lowest BCUT2D eigenvalue weighted by Gasteiger charge is -2.34. The van der Waals surface area contributed by atoms with E-state index >= 15 is 0 Å². The summed E-state index contributed by atoms with van der Waals surface area (Å²) in [5.74, 6) is -13.3. The molecule has 15 atom stereocenters. The van der Waals surface area contributed by atoms with Crippen molar-refractivity contribution >= 4 is 100 Å². The lowest BCUT2D eigenvalue weighted by Crippen LogP contribution is -2.70. The Labute approximate surface area is 682 Å². The van der Waals surface area contributed by atoms with Crippen molar-refractivity contribution in [1.82, 2.24) is 72.8 Å². The number of nitrogens with one attached hydrogen (secondary N) is 10. The molecule has 0 saturated carbocycles. The fraction of sp³-hybridized carbons (Fsp3) is 0.577. The Kier molecular flexibility index (Phi) is 36.2. The van der Waals surface area contributed by atoms with E-state index < -0.39 is 199 Å². The maximum absolute atomic E-state index is 14.9. The lowest BCUT2D eigenvalue weighted by atomic mass is 10.0. The maximum Gasteiger partial charge on any atom is 0.328 e. The van der Waals surface area contributed by atoms with Crippen molar-refractivity contribution in [3.05, 3.63) is 95.6 Å². The summed E-state index contributed by atoms with van der Waals surface area (Å²) in [5, 5.41) is 76.9. The third-order valence-corrected chi connectivity index (χ3v) is 21.5. The summed E-state index contributed by atoms with van der Waals surface area (Å²) in [6.45, 7) is 5.59. The first-order valence-electron chi connectivity index (χ1n) is 39.5. The van der Waals surface area contributed by atoms with Crippen LogP contribution in [0.4, 0.5) is 0 Å². The average molecular weight is 1660 g/mol. The van der Waals surface area contributed by atoms with Gasteiger partial charge in [-0.1, -0.05) is 68.4 Å². The molecule has 0 aromatic heterocycles. The van der Waals surface area contributed by atoms with Crippen LogP contribution >= 0.6 is 11.8 Å². The van der Waals surface area contributed by atoms with E-state index in [2.05, 4.69) is 58.9 Å². The van der Waals surface area contributed by atoms with E-state index in [-0.39, 0.29) is 121 Å². The van der Waals surface area contributed by atoms with E-state index in [1.165, 1.54) is 74.7 Å². The van der Waals surface area contributed by atoms with Crippen LogP contribution < -0.4 is 76.1 Å². The van der Waals surface area contributed by atoms with Gasteiger partial charge in [0.1, 0.15) is 84.2 Å². The number of carbonyl (C=O) groups excluding carboxylic acids is 14. The summed E-state index contributed by atoms with van der Waals surface area (Å²) in [4.78, 5) is 216. The molecule has 14 amide bonds. The SMILES string of the molecule is CSCC[C@H](NC(=O)[C@@H]1CCCN1C(=O)[C@H](Cc1ccc(O)cc1)NC(=O)[C@@H]([NH3+])Cc1ccccc1)C(=O)N[C@@H](CC(C)C)C(=O)N[C@@H](CCCNC(N)N)C(=O)N[C@@H](Cc1ccc(O)cc1)C(=O)N[C@H](C(=O)N[C@@H](CC(N)=O)C(=O)NCC(=O)N1CCC[C@H]1C(=O)N1CCC[C@H]1C(=O)N1CCC[C@H]1C(=O)N[C@H](C(=O)O)[C@@H](C)O)[C@@H](C)O. The molecular weight excluding hydrogens is 1540 g/mol. The van der Waals surface area contributed by atoms with Crippen LogP contribution in [-0.2, 0) is 91.2 Å². The van der Waals surface area contributed by atoms with Crippen molar-refractivity contribution in [1.29, 1.82) is 0 Å². The number of thioether (sulfide) groups is 1. The molecule has 4 aliphatic rings. The number of nitrogens with zero attached hydrogens (tertiary/aromatic N) is 4. The topological polar surface area (TPSA) is 596 Å². The molecule has 0 bridgehead atoms. The summed E-state index contributed by atoms with van der Waals surface area (Å²) in [6.07, 6.45) is -1.15. The molecule has 0 radical (unpaired) electrons. The number of carboxylic acid groups (broad SMARTS) is 1. The minimum absolute atomic E-state index is 0.00689. The number of phenolic OH excluding ortho intramolecular Hbond substituents is 2. The average Bonchev–Trinajstić information content (AvgIpc) is 1.64. The van der Waals surface area contributed by atoms with Gasteiger partial charge in [-0.05, 0) is 156 Å². The molecule has 4 fully saturated rings. The number of quaternary nitrogens is 1. The number of amides is 14. The molecule has 642 valence electrons. The monoisotopic (exact) mass is 1660 g/mol. The number of aliphatic carboxylic acids is 1. The molecule has 0 spiro atoms. The fourth-order valence-corrected chi connectivity index (χ4v) is 15.2. The van der Waals surface area contributed by atoms with Crippen LogP contribution in [-0.4, -0.2) is 282 Å². The number of carboxylic acids is 1. The molecule has 3 aromatic carbocycles. The van der Waals surface area contributed by atoms with Crippen LogP contribution in [0, 0.1) is 5.92 Å². The van der Waals surface area contributed by atoms with Crippen LogP contribution in [0.2, 0.25) is 0 Å². The summed E-state index contributed by atoms with van der Waals surface area (Å²) in [7, 11) is 0. The van der Waals surface area contributed by atoms with Crippen LogP contribution in [0.15, 0.2) is 78.9 Å².